The number of ether oxygens (including phenoxy) is 1. The maximum Gasteiger partial charge on any atom is 0.237 e. The largest absolute Gasteiger partial charge is 0.473 e. The van der Waals surface area contributed by atoms with Crippen molar-refractivity contribution in [3.05, 3.63) is 12.4 Å². The molecule has 2 unspecified atom stereocenters. The van der Waals surface area contributed by atoms with Crippen LogP contribution in [0, 0.1) is 0 Å². The van der Waals surface area contributed by atoms with Gasteiger partial charge in [-0.25, -0.2) is 0 Å². The van der Waals surface area contributed by atoms with Crippen molar-refractivity contribution < 1.29 is 4.74 Å². The summed E-state index contributed by atoms with van der Waals surface area (Å²) in [5.41, 5.74) is 6.41. The van der Waals surface area contributed by atoms with Gasteiger partial charge in [-0.15, -0.1) is 5.10 Å². The molecular weight excluding hydrogens is 208 g/mol. The van der Waals surface area contributed by atoms with Crippen LogP contribution in [-0.4, -0.2) is 37.2 Å². The van der Waals surface area contributed by atoms with Gasteiger partial charge in [0.05, 0.1) is 12.4 Å². The van der Waals surface area contributed by atoms with Crippen LogP contribution in [0.2, 0.25) is 0 Å². The summed E-state index contributed by atoms with van der Waals surface area (Å²) in [5, 5.41) is 11.2. The second-order valence-electron chi connectivity index (χ2n) is 4.01. The molecule has 2 N–H and O–H groups in total. The van der Waals surface area contributed by atoms with Gasteiger partial charge < -0.3 is 10.5 Å². The van der Waals surface area contributed by atoms with E-state index in [9.17, 15) is 0 Å². The maximum atomic E-state index is 5.83. The fourth-order valence-corrected chi connectivity index (χ4v) is 1.99. The monoisotopic (exact) mass is 220 g/mol. The van der Waals surface area contributed by atoms with E-state index in [0.717, 1.165) is 19.3 Å². The lowest BCUT2D eigenvalue weighted by Crippen LogP contribution is -2.20. The van der Waals surface area contributed by atoms with Crippen molar-refractivity contribution in [2.75, 3.05) is 0 Å². The molecule has 2 aromatic rings. The Kier molecular flexibility index (Phi) is 2.17. The van der Waals surface area contributed by atoms with Crippen molar-refractivity contribution in [1.82, 2.24) is 25.0 Å². The maximum absolute atomic E-state index is 5.83. The fourth-order valence-electron chi connectivity index (χ4n) is 1.99. The number of aromatic nitrogens is 5. The van der Waals surface area contributed by atoms with E-state index in [1.54, 1.807) is 12.4 Å². The van der Waals surface area contributed by atoms with Crippen LogP contribution in [0.1, 0.15) is 19.3 Å². The van der Waals surface area contributed by atoms with E-state index in [1.807, 2.05) is 0 Å². The SMILES string of the molecule is NC1CCC(Oc2cncc3nnnn23)C1. The average Bonchev–Trinajstić information content (AvgIpc) is 2.87. The summed E-state index contributed by atoms with van der Waals surface area (Å²) in [4.78, 5) is 4.03. The van der Waals surface area contributed by atoms with Crippen LogP contribution < -0.4 is 10.5 Å². The molecule has 7 nitrogen and oxygen atoms in total. The highest BCUT2D eigenvalue weighted by Crippen LogP contribution is 2.22. The first kappa shape index (κ1) is 9.46. The van der Waals surface area contributed by atoms with E-state index in [-0.39, 0.29) is 12.1 Å². The van der Waals surface area contributed by atoms with E-state index in [2.05, 4.69) is 20.5 Å². The van der Waals surface area contributed by atoms with Gasteiger partial charge in [-0.2, -0.15) is 4.52 Å². The van der Waals surface area contributed by atoms with Crippen molar-refractivity contribution in [2.24, 2.45) is 5.73 Å². The smallest absolute Gasteiger partial charge is 0.237 e. The summed E-state index contributed by atoms with van der Waals surface area (Å²) >= 11 is 0. The molecule has 16 heavy (non-hydrogen) atoms. The molecule has 1 fully saturated rings. The van der Waals surface area contributed by atoms with Gasteiger partial charge in [-0.1, -0.05) is 0 Å². The molecule has 3 rings (SSSR count). The summed E-state index contributed by atoms with van der Waals surface area (Å²) < 4.78 is 7.33. The quantitative estimate of drug-likeness (QED) is 0.752. The van der Waals surface area contributed by atoms with Crippen molar-refractivity contribution >= 4 is 5.65 Å². The molecule has 0 radical (unpaired) electrons. The molecule has 1 aliphatic rings. The molecule has 7 heteroatoms. The number of hydrogen-bond acceptors (Lipinski definition) is 6. The van der Waals surface area contributed by atoms with Gasteiger partial charge in [-0.05, 0) is 29.7 Å². The molecule has 1 saturated carbocycles. The minimum Gasteiger partial charge on any atom is -0.473 e. The predicted octanol–water partition coefficient (Wildman–Crippen LogP) is -0.222. The molecule has 0 bridgehead atoms. The highest BCUT2D eigenvalue weighted by molar-refractivity contribution is 5.34. The molecular formula is C9H12N6O. The van der Waals surface area contributed by atoms with Crippen LogP contribution in [0.3, 0.4) is 0 Å². The first-order valence-corrected chi connectivity index (χ1v) is 5.27. The van der Waals surface area contributed by atoms with E-state index in [0.29, 0.717) is 11.5 Å². The molecule has 0 amide bonds. The number of fused-ring (bicyclic) bond motifs is 1. The molecule has 2 aromatic heterocycles. The highest BCUT2D eigenvalue weighted by Gasteiger charge is 2.24. The van der Waals surface area contributed by atoms with Crippen LogP contribution in [0.25, 0.3) is 5.65 Å². The highest BCUT2D eigenvalue weighted by atomic mass is 16.5. The topological polar surface area (TPSA) is 91.2 Å². The Hall–Kier alpha value is -1.76. The van der Waals surface area contributed by atoms with Gasteiger partial charge in [0, 0.05) is 6.04 Å². The number of hydrogen-bond donors (Lipinski definition) is 1. The van der Waals surface area contributed by atoms with Crippen molar-refractivity contribution in [3.8, 4) is 5.88 Å². The predicted molar refractivity (Wildman–Crippen MR) is 54.8 cm³/mol. The summed E-state index contributed by atoms with van der Waals surface area (Å²) in [5.74, 6) is 0.571. The molecule has 2 heterocycles. The van der Waals surface area contributed by atoms with Gasteiger partial charge in [0.25, 0.3) is 0 Å². The zero-order chi connectivity index (χ0) is 11.0. The minimum absolute atomic E-state index is 0.145. The molecule has 84 valence electrons. The number of nitrogens with two attached hydrogens (primary N) is 1. The van der Waals surface area contributed by atoms with E-state index >= 15 is 0 Å². The lowest BCUT2D eigenvalue weighted by molar-refractivity contribution is 0.193. The number of rotatable bonds is 2. The summed E-state index contributed by atoms with van der Waals surface area (Å²) in [6.07, 6.45) is 6.20. The minimum atomic E-state index is 0.145. The summed E-state index contributed by atoms with van der Waals surface area (Å²) in [6, 6.07) is 0.242. The Bertz CT molecular complexity index is 497. The van der Waals surface area contributed by atoms with Gasteiger partial charge in [0.15, 0.2) is 0 Å². The first-order chi connectivity index (χ1) is 7.83. The van der Waals surface area contributed by atoms with E-state index < -0.39 is 0 Å². The molecule has 2 atom stereocenters. The normalized spacial score (nSPS) is 25.1. The molecule has 0 aromatic carbocycles. The zero-order valence-electron chi connectivity index (χ0n) is 8.65. The van der Waals surface area contributed by atoms with Crippen molar-refractivity contribution in [1.29, 1.82) is 0 Å². The van der Waals surface area contributed by atoms with Crippen LogP contribution >= 0.6 is 0 Å². The zero-order valence-corrected chi connectivity index (χ0v) is 8.65. The lowest BCUT2D eigenvalue weighted by Gasteiger charge is -2.12. The standard InChI is InChI=1S/C9H12N6O/c10-6-1-2-7(3-6)16-9-5-11-4-8-12-13-14-15(8)9/h4-7H,1-3,10H2. The van der Waals surface area contributed by atoms with Gasteiger partial charge in [0.1, 0.15) is 6.10 Å². The fraction of sp³-hybridized carbons (Fsp3) is 0.556. The Balaban J connectivity index is 1.86. The van der Waals surface area contributed by atoms with E-state index in [4.69, 9.17) is 10.5 Å². The van der Waals surface area contributed by atoms with Gasteiger partial charge in [-0.3, -0.25) is 4.98 Å². The molecule has 0 spiro atoms. The van der Waals surface area contributed by atoms with Crippen molar-refractivity contribution in [3.63, 3.8) is 0 Å². The van der Waals surface area contributed by atoms with Crippen molar-refractivity contribution in [2.45, 2.75) is 31.4 Å². The second-order valence-corrected chi connectivity index (χ2v) is 4.01. The van der Waals surface area contributed by atoms with Crippen LogP contribution in [0.15, 0.2) is 12.4 Å². The van der Waals surface area contributed by atoms with Crippen LogP contribution in [0.5, 0.6) is 5.88 Å². The lowest BCUT2D eigenvalue weighted by atomic mass is 10.3. The van der Waals surface area contributed by atoms with E-state index in [1.165, 1.54) is 4.52 Å². The second kappa shape index (κ2) is 3.67. The number of nitrogens with zero attached hydrogens (tertiary/aromatic N) is 5. The third kappa shape index (κ3) is 1.58. The third-order valence-corrected chi connectivity index (χ3v) is 2.79. The Labute approximate surface area is 91.6 Å². The molecule has 1 aliphatic carbocycles. The van der Waals surface area contributed by atoms with Gasteiger partial charge >= 0.3 is 0 Å². The Morgan fingerprint density at radius 1 is 1.38 bits per heavy atom. The first-order valence-electron chi connectivity index (χ1n) is 5.27. The Morgan fingerprint density at radius 2 is 2.31 bits per heavy atom. The summed E-state index contributed by atoms with van der Waals surface area (Å²) in [6.45, 7) is 0. The molecule has 0 saturated heterocycles. The third-order valence-electron chi connectivity index (χ3n) is 2.79. The average molecular weight is 220 g/mol. The summed E-state index contributed by atoms with van der Waals surface area (Å²) in [7, 11) is 0. The number of tetrazole rings is 1. The van der Waals surface area contributed by atoms with Gasteiger partial charge in [0.2, 0.25) is 11.5 Å². The van der Waals surface area contributed by atoms with Crippen LogP contribution in [-0.2, 0) is 0 Å². The Morgan fingerprint density at radius 3 is 3.12 bits per heavy atom. The molecule has 0 aliphatic heterocycles. The van der Waals surface area contributed by atoms with Crippen LogP contribution in [0.4, 0.5) is 0 Å².